The van der Waals surface area contributed by atoms with Crippen LogP contribution in [0, 0.1) is 22.7 Å². The Kier molecular flexibility index (Phi) is 2.37. The Balaban J connectivity index is 2.37. The maximum Gasteiger partial charge on any atom is -0.00834 e. The molecule has 2 rings (SSSR count). The van der Waals surface area contributed by atoms with Crippen LogP contribution in [0.2, 0.25) is 0 Å². The average Bonchev–Trinajstić information content (AvgIpc) is 2.22. The molecular weight excluding hydrogens is 180 g/mol. The molecule has 0 unspecified atom stereocenters. The Hall–Kier alpha value is -0.520. The third-order valence-electron chi connectivity index (χ3n) is 5.58. The summed E-state index contributed by atoms with van der Waals surface area (Å²) in [4.78, 5) is 0. The van der Waals surface area contributed by atoms with E-state index in [0.29, 0.717) is 16.7 Å². The standard InChI is InChI=1S/C15H24/c1-6-14(4)9-10-15(5)11(2)7-8-13(14)12(15)3/h6,11,13H,1,3,7-10H2,2,4-5H3/t11-,13+,14-,15-/m0/s1. The van der Waals surface area contributed by atoms with Crippen LogP contribution in [0.15, 0.2) is 24.8 Å². The van der Waals surface area contributed by atoms with Gasteiger partial charge in [-0.25, -0.2) is 0 Å². The van der Waals surface area contributed by atoms with Gasteiger partial charge in [-0.15, -0.1) is 6.58 Å². The SMILES string of the molecule is C=C[C@@]1(C)CC[C@]2(C)C(=C)[C@H]1CC[C@@H]2C. The topological polar surface area (TPSA) is 0 Å². The molecule has 84 valence electrons. The lowest BCUT2D eigenvalue weighted by atomic mass is 9.49. The van der Waals surface area contributed by atoms with Gasteiger partial charge in [0.05, 0.1) is 0 Å². The van der Waals surface area contributed by atoms with Crippen molar-refractivity contribution in [2.24, 2.45) is 22.7 Å². The molecule has 0 aliphatic heterocycles. The summed E-state index contributed by atoms with van der Waals surface area (Å²) >= 11 is 0. The Morgan fingerprint density at radius 3 is 2.53 bits per heavy atom. The van der Waals surface area contributed by atoms with E-state index in [1.54, 1.807) is 0 Å². The van der Waals surface area contributed by atoms with Gasteiger partial charge in [-0.3, -0.25) is 0 Å². The summed E-state index contributed by atoms with van der Waals surface area (Å²) in [6.07, 6.45) is 7.45. The van der Waals surface area contributed by atoms with Crippen molar-refractivity contribution in [1.29, 1.82) is 0 Å². The van der Waals surface area contributed by atoms with Crippen molar-refractivity contribution in [2.75, 3.05) is 0 Å². The third kappa shape index (κ3) is 1.33. The van der Waals surface area contributed by atoms with Crippen molar-refractivity contribution < 1.29 is 0 Å². The highest BCUT2D eigenvalue weighted by molar-refractivity contribution is 5.25. The normalized spacial score (nSPS) is 50.2. The van der Waals surface area contributed by atoms with Gasteiger partial charge in [0, 0.05) is 0 Å². The van der Waals surface area contributed by atoms with Crippen molar-refractivity contribution in [3.8, 4) is 0 Å². The third-order valence-corrected chi connectivity index (χ3v) is 5.58. The fourth-order valence-corrected chi connectivity index (χ4v) is 3.71. The van der Waals surface area contributed by atoms with Crippen molar-refractivity contribution in [3.05, 3.63) is 24.8 Å². The smallest absolute Gasteiger partial charge is 0.00834 e. The fourth-order valence-electron chi connectivity index (χ4n) is 3.71. The van der Waals surface area contributed by atoms with Crippen molar-refractivity contribution in [1.82, 2.24) is 0 Å². The Labute approximate surface area is 94.5 Å². The lowest BCUT2D eigenvalue weighted by Crippen LogP contribution is -2.46. The summed E-state index contributed by atoms with van der Waals surface area (Å²) in [6, 6.07) is 0. The predicted octanol–water partition coefficient (Wildman–Crippen LogP) is 4.58. The summed E-state index contributed by atoms with van der Waals surface area (Å²) in [7, 11) is 0. The van der Waals surface area contributed by atoms with E-state index in [0.717, 1.165) is 5.92 Å². The molecule has 2 aliphatic carbocycles. The number of fused-ring (bicyclic) bond motifs is 2. The van der Waals surface area contributed by atoms with Crippen LogP contribution in [0.25, 0.3) is 0 Å². The second kappa shape index (κ2) is 3.23. The van der Waals surface area contributed by atoms with E-state index in [-0.39, 0.29) is 0 Å². The molecule has 0 radical (unpaired) electrons. The van der Waals surface area contributed by atoms with Crippen LogP contribution in [0.4, 0.5) is 0 Å². The highest BCUT2D eigenvalue weighted by atomic mass is 14.5. The maximum absolute atomic E-state index is 4.42. The number of rotatable bonds is 1. The molecule has 15 heavy (non-hydrogen) atoms. The molecular formula is C15H24. The Morgan fingerprint density at radius 1 is 1.27 bits per heavy atom. The van der Waals surface area contributed by atoms with Crippen LogP contribution >= 0.6 is 0 Å². The van der Waals surface area contributed by atoms with Crippen LogP contribution in [0.3, 0.4) is 0 Å². The summed E-state index contributed by atoms with van der Waals surface area (Å²) < 4.78 is 0. The fraction of sp³-hybridized carbons (Fsp3) is 0.733. The Bertz CT molecular complexity index is 301. The first kappa shape index (κ1) is 11.0. The predicted molar refractivity (Wildman–Crippen MR) is 66.7 cm³/mol. The largest absolute Gasteiger partial charge is 0.103 e. The minimum atomic E-state index is 0.316. The molecule has 0 amide bonds. The van der Waals surface area contributed by atoms with Crippen LogP contribution in [-0.4, -0.2) is 0 Å². The monoisotopic (exact) mass is 204 g/mol. The highest BCUT2D eigenvalue weighted by Crippen LogP contribution is 2.60. The van der Waals surface area contributed by atoms with E-state index < -0.39 is 0 Å². The van der Waals surface area contributed by atoms with Gasteiger partial charge >= 0.3 is 0 Å². The molecule has 2 saturated carbocycles. The van der Waals surface area contributed by atoms with Crippen LogP contribution in [0.1, 0.15) is 46.5 Å². The van der Waals surface area contributed by atoms with Gasteiger partial charge in [0.2, 0.25) is 0 Å². The van der Waals surface area contributed by atoms with E-state index in [1.807, 2.05) is 0 Å². The summed E-state index contributed by atoms with van der Waals surface area (Å²) in [5, 5.41) is 0. The van der Waals surface area contributed by atoms with Crippen molar-refractivity contribution in [3.63, 3.8) is 0 Å². The first-order valence-corrected chi connectivity index (χ1v) is 6.27. The van der Waals surface area contributed by atoms with Crippen molar-refractivity contribution in [2.45, 2.75) is 46.5 Å². The zero-order chi connectivity index (χ0) is 11.3. The number of hydrogen-bond donors (Lipinski definition) is 0. The van der Waals surface area contributed by atoms with Gasteiger partial charge in [-0.2, -0.15) is 0 Å². The minimum Gasteiger partial charge on any atom is -0.103 e. The molecule has 0 heteroatoms. The molecule has 2 bridgehead atoms. The second-order valence-electron chi connectivity index (χ2n) is 6.18. The van der Waals surface area contributed by atoms with E-state index in [2.05, 4.69) is 40.0 Å². The molecule has 2 aliphatic rings. The molecule has 4 atom stereocenters. The van der Waals surface area contributed by atoms with Gasteiger partial charge < -0.3 is 0 Å². The molecule has 0 saturated heterocycles. The molecule has 0 aromatic heterocycles. The summed E-state index contributed by atoms with van der Waals surface area (Å²) in [5.74, 6) is 1.50. The molecule has 0 aromatic rings. The first-order chi connectivity index (χ1) is 6.94. The quantitative estimate of drug-likeness (QED) is 0.548. The van der Waals surface area contributed by atoms with E-state index in [1.165, 1.54) is 31.3 Å². The van der Waals surface area contributed by atoms with E-state index in [9.17, 15) is 0 Å². The van der Waals surface area contributed by atoms with Crippen LogP contribution in [0.5, 0.6) is 0 Å². The molecule has 0 nitrogen and oxygen atoms in total. The van der Waals surface area contributed by atoms with Gasteiger partial charge in [-0.1, -0.05) is 39.0 Å². The summed E-state index contributed by atoms with van der Waals surface area (Å²) in [5.41, 5.74) is 2.23. The van der Waals surface area contributed by atoms with E-state index in [4.69, 9.17) is 0 Å². The Morgan fingerprint density at radius 2 is 1.93 bits per heavy atom. The molecule has 0 heterocycles. The molecule has 2 fully saturated rings. The van der Waals surface area contributed by atoms with Gasteiger partial charge in [0.1, 0.15) is 0 Å². The number of allylic oxidation sites excluding steroid dienone is 2. The lowest BCUT2D eigenvalue weighted by Gasteiger charge is -2.56. The highest BCUT2D eigenvalue weighted by Gasteiger charge is 2.50. The zero-order valence-electron chi connectivity index (χ0n) is 10.5. The lowest BCUT2D eigenvalue weighted by molar-refractivity contribution is 0.0466. The minimum absolute atomic E-state index is 0.316. The maximum atomic E-state index is 4.42. The van der Waals surface area contributed by atoms with E-state index >= 15 is 0 Å². The van der Waals surface area contributed by atoms with Crippen LogP contribution < -0.4 is 0 Å². The summed E-state index contributed by atoms with van der Waals surface area (Å²) in [6.45, 7) is 15.6. The number of hydrogen-bond acceptors (Lipinski definition) is 0. The van der Waals surface area contributed by atoms with Crippen molar-refractivity contribution >= 4 is 0 Å². The van der Waals surface area contributed by atoms with Gasteiger partial charge in [0.25, 0.3) is 0 Å². The average molecular weight is 204 g/mol. The molecule has 0 spiro atoms. The second-order valence-corrected chi connectivity index (χ2v) is 6.18. The first-order valence-electron chi connectivity index (χ1n) is 6.27. The van der Waals surface area contributed by atoms with Gasteiger partial charge in [-0.05, 0) is 48.3 Å². The van der Waals surface area contributed by atoms with Gasteiger partial charge in [0.15, 0.2) is 0 Å². The van der Waals surface area contributed by atoms with Crippen LogP contribution in [-0.2, 0) is 0 Å². The molecule has 0 aromatic carbocycles. The molecule has 0 N–H and O–H groups in total. The zero-order valence-corrected chi connectivity index (χ0v) is 10.5.